The normalized spacial score (nSPS) is 10.5. The molecule has 0 aromatic carbocycles. The van der Waals surface area contributed by atoms with E-state index in [2.05, 4.69) is 20.1 Å². The number of rotatable bonds is 16. The van der Waals surface area contributed by atoms with Crippen LogP contribution in [0.5, 0.6) is 0 Å². The van der Waals surface area contributed by atoms with Crippen molar-refractivity contribution < 1.29 is 14.3 Å². The van der Waals surface area contributed by atoms with E-state index in [1.807, 2.05) is 6.92 Å². The number of hydrogen-bond acceptors (Lipinski definition) is 3. The van der Waals surface area contributed by atoms with Gasteiger partial charge < -0.3 is 9.47 Å². The Labute approximate surface area is 143 Å². The Morgan fingerprint density at radius 1 is 0.870 bits per heavy atom. The summed E-state index contributed by atoms with van der Waals surface area (Å²) in [7, 11) is 0. The van der Waals surface area contributed by atoms with Gasteiger partial charge in [0.2, 0.25) is 0 Å². The molecule has 23 heavy (non-hydrogen) atoms. The van der Waals surface area contributed by atoms with E-state index in [9.17, 15) is 4.79 Å². The molecule has 0 spiro atoms. The van der Waals surface area contributed by atoms with Gasteiger partial charge in [-0.15, -0.1) is 0 Å². The van der Waals surface area contributed by atoms with E-state index in [-0.39, 0.29) is 12.8 Å². The first-order valence-electron chi connectivity index (χ1n) is 9.15. The van der Waals surface area contributed by atoms with Gasteiger partial charge in [-0.1, -0.05) is 83.4 Å². The third-order valence-corrected chi connectivity index (χ3v) is 3.74. The monoisotopic (exact) mass is 324 g/mol. The van der Waals surface area contributed by atoms with Crippen LogP contribution in [0.15, 0.2) is 24.3 Å². The van der Waals surface area contributed by atoms with Gasteiger partial charge in [-0.2, -0.15) is 0 Å². The Morgan fingerprint density at radius 2 is 1.39 bits per heavy atom. The van der Waals surface area contributed by atoms with E-state index in [1.54, 1.807) is 0 Å². The van der Waals surface area contributed by atoms with E-state index in [1.165, 1.54) is 51.4 Å². The largest absolute Gasteiger partial charge is 0.435 e. The lowest BCUT2D eigenvalue weighted by Gasteiger charge is -2.08. The van der Waals surface area contributed by atoms with E-state index < -0.39 is 0 Å². The van der Waals surface area contributed by atoms with Gasteiger partial charge >= 0.3 is 5.97 Å². The molecule has 0 N–H and O–H groups in total. The van der Waals surface area contributed by atoms with Crippen molar-refractivity contribution in [1.82, 2.24) is 0 Å². The molecule has 0 bridgehead atoms. The predicted molar refractivity (Wildman–Crippen MR) is 97.3 cm³/mol. The van der Waals surface area contributed by atoms with Crippen molar-refractivity contribution in [1.29, 1.82) is 0 Å². The number of esters is 1. The molecule has 0 rings (SSSR count). The maximum Gasteiger partial charge on any atom is 0.335 e. The van der Waals surface area contributed by atoms with Crippen LogP contribution < -0.4 is 0 Å². The molecule has 0 heterocycles. The van der Waals surface area contributed by atoms with E-state index in [4.69, 9.17) is 9.47 Å². The highest BCUT2D eigenvalue weighted by Gasteiger charge is 2.08. The lowest BCUT2D eigenvalue weighted by atomic mass is 10.0. The fraction of sp³-hybridized carbons (Fsp3) is 0.750. The highest BCUT2D eigenvalue weighted by Crippen LogP contribution is 2.13. The van der Waals surface area contributed by atoms with Crippen LogP contribution in [-0.4, -0.2) is 19.4 Å². The molecular weight excluding hydrogens is 288 g/mol. The van der Waals surface area contributed by atoms with Crippen molar-refractivity contribution >= 4 is 5.97 Å². The Kier molecular flexibility index (Phi) is 15.0. The number of ether oxygens (including phenoxy) is 2. The van der Waals surface area contributed by atoms with Gasteiger partial charge in [0.05, 0.1) is 6.61 Å². The van der Waals surface area contributed by atoms with Crippen molar-refractivity contribution in [3.8, 4) is 0 Å². The molecule has 3 heteroatoms. The molecule has 0 aliphatic carbocycles. The van der Waals surface area contributed by atoms with Gasteiger partial charge in [0.1, 0.15) is 0 Å². The van der Waals surface area contributed by atoms with Crippen molar-refractivity contribution in [3.63, 3.8) is 0 Å². The van der Waals surface area contributed by atoms with Gasteiger partial charge in [0.15, 0.2) is 6.79 Å². The lowest BCUT2D eigenvalue weighted by molar-refractivity contribution is -0.150. The lowest BCUT2D eigenvalue weighted by Crippen LogP contribution is -2.11. The van der Waals surface area contributed by atoms with Crippen LogP contribution in [0.25, 0.3) is 0 Å². The molecule has 0 aromatic heterocycles. The number of unbranched alkanes of at least 4 members (excludes halogenated alkanes) is 9. The average molecular weight is 325 g/mol. The van der Waals surface area contributed by atoms with Crippen molar-refractivity contribution in [2.45, 2.75) is 84.5 Å². The maximum absolute atomic E-state index is 11.7. The summed E-state index contributed by atoms with van der Waals surface area (Å²) in [5, 5.41) is 0. The highest BCUT2D eigenvalue weighted by atomic mass is 16.7. The summed E-state index contributed by atoms with van der Waals surface area (Å²) in [6, 6.07) is 0. The molecule has 0 saturated heterocycles. The Hall–Kier alpha value is -1.09. The zero-order valence-corrected chi connectivity index (χ0v) is 15.3. The van der Waals surface area contributed by atoms with Gasteiger partial charge in [-0.25, -0.2) is 4.79 Å². The van der Waals surface area contributed by atoms with E-state index in [0.29, 0.717) is 12.2 Å². The third-order valence-electron chi connectivity index (χ3n) is 3.74. The third kappa shape index (κ3) is 15.6. The molecule has 0 atom stereocenters. The van der Waals surface area contributed by atoms with Crippen LogP contribution in [0.1, 0.15) is 84.5 Å². The van der Waals surface area contributed by atoms with Crippen LogP contribution in [0.2, 0.25) is 0 Å². The summed E-state index contributed by atoms with van der Waals surface area (Å²) in [4.78, 5) is 11.7. The van der Waals surface area contributed by atoms with Crippen molar-refractivity contribution in [3.05, 3.63) is 24.3 Å². The standard InChI is InChI=1S/C20H36O3/c1-5-6-7-8-9-10-11-12-13-14-15-19(4)20(21)23-17-22-16-18(2)3/h2,4-17H2,1,3H3. The molecule has 0 aliphatic rings. The first-order valence-corrected chi connectivity index (χ1v) is 9.15. The van der Waals surface area contributed by atoms with E-state index in [0.717, 1.165) is 24.8 Å². The van der Waals surface area contributed by atoms with Crippen LogP contribution in [0.4, 0.5) is 0 Å². The molecule has 0 aromatic rings. The van der Waals surface area contributed by atoms with Gasteiger partial charge in [0, 0.05) is 5.57 Å². The van der Waals surface area contributed by atoms with Crippen molar-refractivity contribution in [2.75, 3.05) is 13.4 Å². The van der Waals surface area contributed by atoms with Crippen LogP contribution in [0, 0.1) is 0 Å². The van der Waals surface area contributed by atoms with Crippen LogP contribution in [-0.2, 0) is 14.3 Å². The highest BCUT2D eigenvalue weighted by molar-refractivity contribution is 5.87. The first kappa shape index (κ1) is 21.9. The second-order valence-corrected chi connectivity index (χ2v) is 6.39. The zero-order valence-electron chi connectivity index (χ0n) is 15.3. The minimum absolute atomic E-state index is 0.0251. The second kappa shape index (κ2) is 15.8. The first-order chi connectivity index (χ1) is 11.1. The molecule has 0 saturated carbocycles. The molecule has 0 radical (unpaired) electrons. The Bertz CT molecular complexity index is 334. The fourth-order valence-electron chi connectivity index (χ4n) is 2.34. The topological polar surface area (TPSA) is 35.5 Å². The van der Waals surface area contributed by atoms with Gasteiger partial charge in [-0.05, 0) is 19.8 Å². The summed E-state index contributed by atoms with van der Waals surface area (Å²) in [5.74, 6) is -0.345. The summed E-state index contributed by atoms with van der Waals surface area (Å²) in [6.45, 7) is 12.0. The molecule has 0 fully saturated rings. The fourth-order valence-corrected chi connectivity index (χ4v) is 2.34. The Balaban J connectivity index is 3.38. The quantitative estimate of drug-likeness (QED) is 0.116. The maximum atomic E-state index is 11.7. The SMILES string of the molecule is C=C(C)COCOC(=O)C(=C)CCCCCCCCCCCC. The molecule has 0 aliphatic heterocycles. The number of hydrogen-bond donors (Lipinski definition) is 0. The number of carbonyl (C=O) groups excluding carboxylic acids is 1. The zero-order chi connectivity index (χ0) is 17.3. The molecule has 0 unspecified atom stereocenters. The summed E-state index contributed by atoms with van der Waals surface area (Å²) < 4.78 is 10.1. The molecule has 134 valence electrons. The summed E-state index contributed by atoms with van der Waals surface area (Å²) >= 11 is 0. The minimum atomic E-state index is -0.345. The Morgan fingerprint density at radius 3 is 1.91 bits per heavy atom. The molecular formula is C20H36O3. The minimum Gasteiger partial charge on any atom is -0.435 e. The van der Waals surface area contributed by atoms with Crippen LogP contribution in [0.3, 0.4) is 0 Å². The predicted octanol–water partition coefficient (Wildman–Crippen LogP) is 5.95. The second-order valence-electron chi connectivity index (χ2n) is 6.39. The smallest absolute Gasteiger partial charge is 0.335 e. The van der Waals surface area contributed by atoms with E-state index >= 15 is 0 Å². The van der Waals surface area contributed by atoms with Crippen molar-refractivity contribution in [2.24, 2.45) is 0 Å². The number of carbonyl (C=O) groups is 1. The summed E-state index contributed by atoms with van der Waals surface area (Å²) in [6.07, 6.45) is 13.6. The summed E-state index contributed by atoms with van der Waals surface area (Å²) in [5.41, 5.74) is 1.45. The van der Waals surface area contributed by atoms with Gasteiger partial charge in [0.25, 0.3) is 0 Å². The van der Waals surface area contributed by atoms with Gasteiger partial charge in [-0.3, -0.25) is 0 Å². The molecule has 0 amide bonds. The van der Waals surface area contributed by atoms with Crippen LogP contribution >= 0.6 is 0 Å². The molecule has 3 nitrogen and oxygen atoms in total. The average Bonchev–Trinajstić information content (AvgIpc) is 2.52.